The Labute approximate surface area is 333 Å². The van der Waals surface area contributed by atoms with Gasteiger partial charge in [-0.15, -0.1) is 0 Å². The van der Waals surface area contributed by atoms with Crippen molar-refractivity contribution in [3.63, 3.8) is 0 Å². The summed E-state index contributed by atoms with van der Waals surface area (Å²) in [5, 5.41) is 130. The van der Waals surface area contributed by atoms with Crippen molar-refractivity contribution < 1.29 is 133 Å². The molecule has 4 heterocycles. The molecule has 20 atom stereocenters. The van der Waals surface area contributed by atoms with Crippen LogP contribution in [0.3, 0.4) is 0 Å². The minimum atomic E-state index is -2.14. The van der Waals surface area contributed by atoms with Gasteiger partial charge in [-0.2, -0.15) is 0 Å². The zero-order valence-corrected chi connectivity index (χ0v) is 31.4. The molecule has 27 nitrogen and oxygen atoms in total. The smallest absolute Gasteiger partial charge is 0.187 e. The van der Waals surface area contributed by atoms with Crippen molar-refractivity contribution in [3.8, 4) is 0 Å². The third-order valence-electron chi connectivity index (χ3n) is 9.67. The minimum absolute atomic E-state index is 0.510. The molecule has 4 fully saturated rings. The highest BCUT2D eigenvalue weighted by Crippen LogP contribution is 2.35. The van der Waals surface area contributed by atoms with Gasteiger partial charge in [0.15, 0.2) is 25.2 Å². The molecule has 0 amide bonds. The number of carboxylic acids is 3. The summed E-state index contributed by atoms with van der Waals surface area (Å²) in [6.07, 6.45) is -35.4. The van der Waals surface area contributed by atoms with Crippen molar-refractivity contribution in [3.05, 3.63) is 0 Å². The molecular formula is C32H49O27-3. The molecule has 342 valence electrons. The fraction of sp³-hybridized carbons (Fsp3) is 0.906. The van der Waals surface area contributed by atoms with Crippen molar-refractivity contribution in [2.45, 2.75) is 123 Å². The fourth-order valence-corrected chi connectivity index (χ4v) is 6.82. The molecule has 4 aliphatic rings. The highest BCUT2D eigenvalue weighted by atomic mass is 16.8. The zero-order chi connectivity index (χ0) is 43.7. The number of ether oxygens (including phenoxy) is 12. The first-order valence-corrected chi connectivity index (χ1v) is 18.0. The lowest BCUT2D eigenvalue weighted by Gasteiger charge is -2.49. The molecule has 9 N–H and O–H groups in total. The van der Waals surface area contributed by atoms with Crippen LogP contribution in [0.2, 0.25) is 0 Å². The Kier molecular flexibility index (Phi) is 18.9. The van der Waals surface area contributed by atoms with Crippen molar-refractivity contribution >= 4 is 17.9 Å². The van der Waals surface area contributed by atoms with Gasteiger partial charge < -0.3 is 133 Å². The predicted molar refractivity (Wildman–Crippen MR) is 170 cm³/mol. The number of hydrogen-bond acceptors (Lipinski definition) is 27. The van der Waals surface area contributed by atoms with E-state index in [1.165, 1.54) is 0 Å². The van der Waals surface area contributed by atoms with Crippen LogP contribution >= 0.6 is 0 Å². The molecule has 0 aliphatic carbocycles. The number of hydrogen-bond donors (Lipinski definition) is 9. The lowest BCUT2D eigenvalue weighted by atomic mass is 9.95. The fourth-order valence-electron chi connectivity index (χ4n) is 6.82. The van der Waals surface area contributed by atoms with Gasteiger partial charge in [-0.1, -0.05) is 0 Å². The van der Waals surface area contributed by atoms with E-state index in [0.717, 1.165) is 14.2 Å². The number of methoxy groups -OCH3 is 2. The molecule has 4 rings (SSSR count). The molecule has 4 saturated heterocycles. The molecule has 59 heavy (non-hydrogen) atoms. The molecule has 0 aromatic carbocycles. The predicted octanol–water partition coefficient (Wildman–Crippen LogP) is -12.1. The first-order valence-electron chi connectivity index (χ1n) is 18.0. The largest absolute Gasteiger partial charge is 0.548 e. The van der Waals surface area contributed by atoms with E-state index in [4.69, 9.17) is 56.8 Å². The Morgan fingerprint density at radius 2 is 0.831 bits per heavy atom. The number of rotatable bonds is 21. The van der Waals surface area contributed by atoms with Crippen LogP contribution in [0.5, 0.6) is 0 Å². The zero-order valence-electron chi connectivity index (χ0n) is 31.4. The second-order valence-electron chi connectivity index (χ2n) is 13.6. The SMILES string of the molecule is CO[C@@H]1O[C@@H](COCC(=O)[O-])[C@@H](O[C@@H]2OC(CO)[C@@H](O[C@@H]3O[C@@H](CO)[C@@H](O[C@@H]4OC(COCC(=O)[O-])[C@@H](OC)C(O)[C@@H]4O)C(O)C3O)C(O)[C@@H]2OCC(=O)[O-])C(O)C1O. The van der Waals surface area contributed by atoms with E-state index in [2.05, 4.69) is 0 Å². The maximum Gasteiger partial charge on any atom is 0.187 e. The van der Waals surface area contributed by atoms with E-state index in [-0.39, 0.29) is 0 Å². The van der Waals surface area contributed by atoms with Crippen molar-refractivity contribution in [2.75, 3.05) is 60.5 Å². The Hall–Kier alpha value is -2.43. The summed E-state index contributed by atoms with van der Waals surface area (Å²) in [7, 11) is 2.28. The molecule has 4 aliphatic heterocycles. The number of carbonyl (C=O) groups is 3. The van der Waals surface area contributed by atoms with Crippen LogP contribution in [0.4, 0.5) is 0 Å². The monoisotopic (exact) mass is 865 g/mol. The molecule has 27 heteroatoms. The summed E-state index contributed by atoms with van der Waals surface area (Å²) in [4.78, 5) is 33.1. The molecule has 0 aromatic heterocycles. The van der Waals surface area contributed by atoms with Gasteiger partial charge in [0.2, 0.25) is 0 Å². The van der Waals surface area contributed by atoms with Gasteiger partial charge in [0.1, 0.15) is 97.7 Å². The number of carboxylic acid groups (broad SMARTS) is 3. The van der Waals surface area contributed by atoms with E-state index in [0.29, 0.717) is 0 Å². The lowest BCUT2D eigenvalue weighted by molar-refractivity contribution is -0.391. The van der Waals surface area contributed by atoms with Crippen LogP contribution in [-0.2, 0) is 71.2 Å². The Morgan fingerprint density at radius 1 is 0.458 bits per heavy atom. The number of aliphatic hydroxyl groups excluding tert-OH is 9. The van der Waals surface area contributed by atoms with E-state index < -0.39 is 187 Å². The van der Waals surface area contributed by atoms with E-state index in [9.17, 15) is 75.7 Å². The van der Waals surface area contributed by atoms with Crippen molar-refractivity contribution in [1.82, 2.24) is 0 Å². The van der Waals surface area contributed by atoms with Gasteiger partial charge in [-0.25, -0.2) is 0 Å². The van der Waals surface area contributed by atoms with E-state index >= 15 is 0 Å². The maximum atomic E-state index is 11.5. The Bertz CT molecular complexity index is 1330. The van der Waals surface area contributed by atoms with Gasteiger partial charge >= 0.3 is 0 Å². The molecular weight excluding hydrogens is 816 g/mol. The summed E-state index contributed by atoms with van der Waals surface area (Å²) in [6.45, 7) is -6.14. The van der Waals surface area contributed by atoms with Gasteiger partial charge in [0, 0.05) is 14.2 Å². The first kappa shape index (κ1) is 49.2. The first-order chi connectivity index (χ1) is 28.0. The normalized spacial score (nSPS) is 43.0. The Balaban J connectivity index is 1.51. The minimum Gasteiger partial charge on any atom is -0.548 e. The van der Waals surface area contributed by atoms with Crippen LogP contribution in [-0.4, -0.2) is 247 Å². The van der Waals surface area contributed by atoms with Gasteiger partial charge in [-0.05, 0) is 0 Å². The summed E-state index contributed by atoms with van der Waals surface area (Å²) < 4.78 is 65.1. The average molecular weight is 866 g/mol. The number of carbonyl (C=O) groups excluding carboxylic acids is 3. The number of aliphatic hydroxyl groups is 9. The van der Waals surface area contributed by atoms with Gasteiger partial charge in [-0.3, -0.25) is 0 Å². The van der Waals surface area contributed by atoms with E-state index in [1.807, 2.05) is 0 Å². The van der Waals surface area contributed by atoms with Crippen LogP contribution in [0.1, 0.15) is 0 Å². The summed E-state index contributed by atoms with van der Waals surface area (Å²) in [5.41, 5.74) is 0. The average Bonchev–Trinajstić information content (AvgIpc) is 3.19. The highest BCUT2D eigenvalue weighted by molar-refractivity contribution is 5.66. The van der Waals surface area contributed by atoms with Crippen LogP contribution in [0, 0.1) is 0 Å². The second kappa shape index (κ2) is 22.6. The Morgan fingerprint density at radius 3 is 1.29 bits per heavy atom. The molecule has 0 radical (unpaired) electrons. The molecule has 0 bridgehead atoms. The lowest BCUT2D eigenvalue weighted by Crippen LogP contribution is -2.68. The molecule has 0 aromatic rings. The summed E-state index contributed by atoms with van der Waals surface area (Å²) >= 11 is 0. The maximum absolute atomic E-state index is 11.5. The van der Waals surface area contributed by atoms with Gasteiger partial charge in [0.25, 0.3) is 0 Å². The molecule has 0 saturated carbocycles. The summed E-state index contributed by atoms with van der Waals surface area (Å²) in [6, 6.07) is 0. The number of aliphatic carboxylic acids is 3. The van der Waals surface area contributed by atoms with E-state index in [1.54, 1.807) is 0 Å². The standard InChI is InChI=1S/C32H52O27/c1-48-24-12(5-50-7-14(35)36)56-31(21(45)17(24)41)57-25-10(3-33)53-30(22(46)19(25)43)58-26-11(4-34)54-32(28(23(26)47)52-9-16(39)40)59-27-13(6-51-8-15(37)38)55-29(49-2)20(44)18(27)42/h10-13,17-34,41-47H,3-9H2,1-2H3,(H,35,36)(H,37,38)(H,39,40)/p-3/t10-,11?,12?,13-,17?,18?,19?,20?,21-,22?,23?,24+,25+,26+,27+,28-,29+,30-,31-,32-/m0/s1. The van der Waals surface area contributed by atoms with Crippen molar-refractivity contribution in [1.29, 1.82) is 0 Å². The third-order valence-corrected chi connectivity index (χ3v) is 9.67. The van der Waals surface area contributed by atoms with Crippen LogP contribution < -0.4 is 15.3 Å². The van der Waals surface area contributed by atoms with Crippen molar-refractivity contribution in [2.24, 2.45) is 0 Å². The summed E-state index contributed by atoms with van der Waals surface area (Å²) in [5.74, 6) is -4.99. The highest BCUT2D eigenvalue weighted by Gasteiger charge is 2.56. The molecule has 0 spiro atoms. The quantitative estimate of drug-likeness (QED) is 0.0517. The second-order valence-corrected chi connectivity index (χ2v) is 13.6. The van der Waals surface area contributed by atoms with Crippen LogP contribution in [0.15, 0.2) is 0 Å². The third kappa shape index (κ3) is 12.1. The topological polar surface area (TPSA) is 413 Å². The van der Waals surface area contributed by atoms with Crippen LogP contribution in [0.25, 0.3) is 0 Å². The molecule has 8 unspecified atom stereocenters. The van der Waals surface area contributed by atoms with Gasteiger partial charge in [0.05, 0.1) is 64.2 Å².